The number of carbonyl (C=O) groups excluding carboxylic acids is 1. The molecule has 0 aliphatic heterocycles. The zero-order valence-corrected chi connectivity index (χ0v) is 11.6. The van der Waals surface area contributed by atoms with Crippen LogP contribution in [0.2, 0.25) is 0 Å². The van der Waals surface area contributed by atoms with E-state index in [1.54, 1.807) is 23.8 Å². The van der Waals surface area contributed by atoms with Crippen LogP contribution in [-0.2, 0) is 16.1 Å². The molecule has 1 aliphatic rings. The summed E-state index contributed by atoms with van der Waals surface area (Å²) in [6.07, 6.45) is 3.96. The van der Waals surface area contributed by atoms with E-state index in [9.17, 15) is 9.59 Å². The van der Waals surface area contributed by atoms with Gasteiger partial charge in [0.2, 0.25) is 0 Å². The van der Waals surface area contributed by atoms with Gasteiger partial charge in [0.25, 0.3) is 5.91 Å². The highest BCUT2D eigenvalue weighted by molar-refractivity contribution is 5.94. The molecular weight excluding hydrogens is 260 g/mol. The average Bonchev–Trinajstić information content (AvgIpc) is 3.10. The van der Waals surface area contributed by atoms with Crippen molar-refractivity contribution in [3.05, 3.63) is 24.0 Å². The number of rotatable bonds is 8. The second-order valence-corrected chi connectivity index (χ2v) is 5.10. The highest BCUT2D eigenvalue weighted by Gasteiger charge is 2.29. The molecular formula is C14H20N2O4. The molecule has 0 saturated heterocycles. The molecule has 0 unspecified atom stereocenters. The molecule has 1 heterocycles. The number of nitrogens with zero attached hydrogens (tertiary/aromatic N) is 2. The predicted octanol–water partition coefficient (Wildman–Crippen LogP) is 1.07. The first-order valence-electron chi connectivity index (χ1n) is 6.77. The van der Waals surface area contributed by atoms with Gasteiger partial charge in [-0.25, -0.2) is 0 Å². The fourth-order valence-corrected chi connectivity index (χ4v) is 2.15. The van der Waals surface area contributed by atoms with Crippen LogP contribution in [0.1, 0.15) is 23.3 Å². The summed E-state index contributed by atoms with van der Waals surface area (Å²) in [5.74, 6) is -0.741. The average molecular weight is 280 g/mol. The molecule has 1 fully saturated rings. The monoisotopic (exact) mass is 280 g/mol. The molecule has 1 aromatic heterocycles. The number of hydrogen-bond acceptors (Lipinski definition) is 3. The molecule has 1 saturated carbocycles. The van der Waals surface area contributed by atoms with Gasteiger partial charge in [0.1, 0.15) is 12.2 Å². The van der Waals surface area contributed by atoms with Crippen LogP contribution in [-0.4, -0.2) is 53.3 Å². The van der Waals surface area contributed by atoms with E-state index in [2.05, 4.69) is 0 Å². The molecule has 2 rings (SSSR count). The normalized spacial score (nSPS) is 14.2. The van der Waals surface area contributed by atoms with Gasteiger partial charge in [-0.15, -0.1) is 0 Å². The van der Waals surface area contributed by atoms with Gasteiger partial charge in [0.05, 0.1) is 6.61 Å². The van der Waals surface area contributed by atoms with Gasteiger partial charge < -0.3 is 19.3 Å². The summed E-state index contributed by atoms with van der Waals surface area (Å²) in [5, 5.41) is 8.95. The van der Waals surface area contributed by atoms with E-state index in [1.807, 2.05) is 6.20 Å². The van der Waals surface area contributed by atoms with Gasteiger partial charge in [0.15, 0.2) is 0 Å². The maximum atomic E-state index is 12.5. The van der Waals surface area contributed by atoms with Gasteiger partial charge in [0, 0.05) is 26.4 Å². The third kappa shape index (κ3) is 3.84. The number of carboxylic acid groups (broad SMARTS) is 1. The molecule has 1 amide bonds. The molecule has 0 aromatic carbocycles. The van der Waals surface area contributed by atoms with E-state index in [-0.39, 0.29) is 12.5 Å². The molecule has 0 atom stereocenters. The third-order valence-corrected chi connectivity index (χ3v) is 3.37. The lowest BCUT2D eigenvalue weighted by Crippen LogP contribution is -2.38. The van der Waals surface area contributed by atoms with Crippen LogP contribution in [0.5, 0.6) is 0 Å². The quantitative estimate of drug-likeness (QED) is 0.773. The molecule has 1 aliphatic carbocycles. The molecule has 1 N–H and O–H groups in total. The first kappa shape index (κ1) is 14.6. The summed E-state index contributed by atoms with van der Waals surface area (Å²) in [4.78, 5) is 24.8. The van der Waals surface area contributed by atoms with Crippen molar-refractivity contribution < 1.29 is 19.4 Å². The number of carbonyl (C=O) groups is 2. The molecule has 0 radical (unpaired) electrons. The lowest BCUT2D eigenvalue weighted by Gasteiger charge is -2.21. The highest BCUT2D eigenvalue weighted by atomic mass is 16.5. The Morgan fingerprint density at radius 2 is 2.25 bits per heavy atom. The first-order valence-corrected chi connectivity index (χ1v) is 6.77. The number of amides is 1. The highest BCUT2D eigenvalue weighted by Crippen LogP contribution is 2.30. The molecule has 6 nitrogen and oxygen atoms in total. The van der Waals surface area contributed by atoms with Crippen LogP contribution in [0, 0.1) is 5.92 Å². The van der Waals surface area contributed by atoms with E-state index in [0.29, 0.717) is 31.3 Å². The number of hydrogen-bond donors (Lipinski definition) is 1. The second-order valence-electron chi connectivity index (χ2n) is 5.10. The predicted molar refractivity (Wildman–Crippen MR) is 72.6 cm³/mol. The zero-order valence-electron chi connectivity index (χ0n) is 11.6. The zero-order chi connectivity index (χ0) is 14.5. The summed E-state index contributed by atoms with van der Waals surface area (Å²) in [7, 11) is 1.61. The third-order valence-electron chi connectivity index (χ3n) is 3.37. The molecule has 6 heteroatoms. The van der Waals surface area contributed by atoms with E-state index >= 15 is 0 Å². The molecule has 20 heavy (non-hydrogen) atoms. The fraction of sp³-hybridized carbons (Fsp3) is 0.571. The van der Waals surface area contributed by atoms with Gasteiger partial charge in [-0.3, -0.25) is 9.59 Å². The number of ether oxygens (including phenoxy) is 1. The number of aliphatic carboxylic acids is 1. The van der Waals surface area contributed by atoms with Crippen LogP contribution < -0.4 is 0 Å². The van der Waals surface area contributed by atoms with Gasteiger partial charge in [-0.2, -0.15) is 0 Å². The van der Waals surface area contributed by atoms with Crippen molar-refractivity contribution in [1.29, 1.82) is 0 Å². The summed E-state index contributed by atoms with van der Waals surface area (Å²) in [6.45, 7) is 1.37. The van der Waals surface area contributed by atoms with Gasteiger partial charge in [-0.05, 0) is 30.9 Å². The largest absolute Gasteiger partial charge is 0.480 e. The minimum absolute atomic E-state index is 0.222. The van der Waals surface area contributed by atoms with E-state index in [1.165, 1.54) is 4.90 Å². The summed E-state index contributed by atoms with van der Waals surface area (Å²) in [5.41, 5.74) is 0.518. The maximum Gasteiger partial charge on any atom is 0.323 e. The van der Waals surface area contributed by atoms with Crippen LogP contribution in [0.15, 0.2) is 18.3 Å². The maximum absolute atomic E-state index is 12.5. The molecule has 0 bridgehead atoms. The first-order chi connectivity index (χ1) is 9.61. The second kappa shape index (κ2) is 6.56. The van der Waals surface area contributed by atoms with E-state index in [0.717, 1.165) is 12.8 Å². The Kier molecular flexibility index (Phi) is 4.79. The topological polar surface area (TPSA) is 71.8 Å². The van der Waals surface area contributed by atoms with Crippen molar-refractivity contribution in [2.75, 3.05) is 26.8 Å². The minimum Gasteiger partial charge on any atom is -0.480 e. The Hall–Kier alpha value is -1.82. The smallest absolute Gasteiger partial charge is 0.323 e. The Morgan fingerprint density at radius 1 is 1.50 bits per heavy atom. The van der Waals surface area contributed by atoms with Crippen LogP contribution >= 0.6 is 0 Å². The number of aromatic nitrogens is 1. The van der Waals surface area contributed by atoms with E-state index in [4.69, 9.17) is 9.84 Å². The number of carboxylic acids is 1. The Bertz CT molecular complexity index is 479. The van der Waals surface area contributed by atoms with Crippen molar-refractivity contribution in [1.82, 2.24) is 9.47 Å². The molecule has 0 spiro atoms. The van der Waals surface area contributed by atoms with Crippen LogP contribution in [0.3, 0.4) is 0 Å². The number of methoxy groups -OCH3 is 1. The van der Waals surface area contributed by atoms with Gasteiger partial charge >= 0.3 is 5.97 Å². The summed E-state index contributed by atoms with van der Waals surface area (Å²) >= 11 is 0. The Morgan fingerprint density at radius 3 is 2.85 bits per heavy atom. The SMILES string of the molecule is COCCn1cccc1C(=O)N(CC(=O)O)CC1CC1. The molecule has 110 valence electrons. The van der Waals surface area contributed by atoms with Gasteiger partial charge in [-0.1, -0.05) is 0 Å². The van der Waals surface area contributed by atoms with Crippen molar-refractivity contribution in [2.24, 2.45) is 5.92 Å². The van der Waals surface area contributed by atoms with Crippen molar-refractivity contribution in [3.63, 3.8) is 0 Å². The lowest BCUT2D eigenvalue weighted by atomic mass is 10.3. The molecule has 1 aromatic rings. The van der Waals surface area contributed by atoms with Crippen molar-refractivity contribution in [2.45, 2.75) is 19.4 Å². The van der Waals surface area contributed by atoms with Crippen LogP contribution in [0.4, 0.5) is 0 Å². The van der Waals surface area contributed by atoms with E-state index < -0.39 is 5.97 Å². The Labute approximate surface area is 117 Å². The summed E-state index contributed by atoms with van der Waals surface area (Å²) < 4.78 is 6.81. The van der Waals surface area contributed by atoms with Crippen molar-refractivity contribution >= 4 is 11.9 Å². The fourth-order valence-electron chi connectivity index (χ4n) is 2.15. The lowest BCUT2D eigenvalue weighted by molar-refractivity contribution is -0.137. The van der Waals surface area contributed by atoms with Crippen LogP contribution in [0.25, 0.3) is 0 Å². The minimum atomic E-state index is -0.978. The standard InChI is InChI=1S/C14H20N2O4/c1-20-8-7-15-6-2-3-12(15)14(19)16(10-13(17)18)9-11-4-5-11/h2-3,6,11H,4-5,7-10H2,1H3,(H,17,18). The van der Waals surface area contributed by atoms with Crippen molar-refractivity contribution in [3.8, 4) is 0 Å². The Balaban J connectivity index is 2.08. The summed E-state index contributed by atoms with van der Waals surface area (Å²) in [6, 6.07) is 3.51.